The lowest BCUT2D eigenvalue weighted by molar-refractivity contribution is -0.147. The van der Waals surface area contributed by atoms with E-state index in [9.17, 15) is 14.4 Å². The molecule has 0 radical (unpaired) electrons. The van der Waals surface area contributed by atoms with Gasteiger partial charge in [0.15, 0.2) is 23.9 Å². The number of carbonyl (C=O) groups is 3. The van der Waals surface area contributed by atoms with Crippen molar-refractivity contribution in [3.05, 3.63) is 23.8 Å². The van der Waals surface area contributed by atoms with Crippen molar-refractivity contribution >= 4 is 17.7 Å². The zero-order valence-electron chi connectivity index (χ0n) is 14.4. The second-order valence-corrected chi connectivity index (χ2v) is 6.98. The molecule has 0 spiro atoms. The summed E-state index contributed by atoms with van der Waals surface area (Å²) in [4.78, 5) is 38.5. The van der Waals surface area contributed by atoms with Gasteiger partial charge in [0, 0.05) is 24.6 Å². The fraction of sp³-hybridized carbons (Fsp3) is 0.526. The summed E-state index contributed by atoms with van der Waals surface area (Å²) in [6, 6.07) is 5.12. The van der Waals surface area contributed by atoms with Crippen LogP contribution >= 0.6 is 0 Å². The lowest BCUT2D eigenvalue weighted by Crippen LogP contribution is -2.35. The number of ether oxygens (including phenoxy) is 3. The van der Waals surface area contributed by atoms with Gasteiger partial charge in [0.25, 0.3) is 0 Å². The molecule has 2 fully saturated rings. The van der Waals surface area contributed by atoms with Gasteiger partial charge < -0.3 is 19.1 Å². The molecule has 1 saturated heterocycles. The fourth-order valence-electron chi connectivity index (χ4n) is 3.87. The van der Waals surface area contributed by atoms with Crippen molar-refractivity contribution in [3.63, 3.8) is 0 Å². The van der Waals surface area contributed by atoms with E-state index in [0.717, 1.165) is 25.7 Å². The average Bonchev–Trinajstić information content (AvgIpc) is 3.38. The van der Waals surface area contributed by atoms with Crippen LogP contribution < -0.4 is 9.47 Å². The van der Waals surface area contributed by atoms with E-state index in [4.69, 9.17) is 14.2 Å². The minimum absolute atomic E-state index is 0.0148. The normalized spacial score (nSPS) is 22.1. The fourth-order valence-corrected chi connectivity index (χ4v) is 3.87. The van der Waals surface area contributed by atoms with Crippen molar-refractivity contribution in [1.29, 1.82) is 0 Å². The van der Waals surface area contributed by atoms with Gasteiger partial charge in [-0.2, -0.15) is 0 Å². The number of Topliss-reactive ketones (excluding diaryl/α,β-unsaturated/α-hetero) is 1. The van der Waals surface area contributed by atoms with Crippen LogP contribution in [0, 0.1) is 5.92 Å². The Labute approximate surface area is 151 Å². The topological polar surface area (TPSA) is 82.1 Å². The van der Waals surface area contributed by atoms with Gasteiger partial charge in [-0.25, -0.2) is 0 Å². The van der Waals surface area contributed by atoms with Crippen LogP contribution in [0.3, 0.4) is 0 Å². The van der Waals surface area contributed by atoms with Gasteiger partial charge in [0.2, 0.25) is 12.7 Å². The molecule has 7 heteroatoms. The number of hydrogen-bond donors (Lipinski definition) is 0. The van der Waals surface area contributed by atoms with E-state index < -0.39 is 11.9 Å². The molecule has 2 heterocycles. The molecule has 1 aliphatic carbocycles. The summed E-state index contributed by atoms with van der Waals surface area (Å²) in [5, 5.41) is 0. The number of likely N-dealkylation sites (tertiary alicyclic amines) is 1. The van der Waals surface area contributed by atoms with E-state index in [1.54, 1.807) is 18.2 Å². The maximum Gasteiger partial charge on any atom is 0.311 e. The molecule has 0 bridgehead atoms. The van der Waals surface area contributed by atoms with Crippen molar-refractivity contribution in [3.8, 4) is 11.5 Å². The number of amides is 1. The van der Waals surface area contributed by atoms with Crippen LogP contribution in [0.25, 0.3) is 0 Å². The molecule has 4 rings (SSSR count). The van der Waals surface area contributed by atoms with Gasteiger partial charge in [-0.1, -0.05) is 12.8 Å². The van der Waals surface area contributed by atoms with Crippen LogP contribution in [-0.4, -0.2) is 48.5 Å². The summed E-state index contributed by atoms with van der Waals surface area (Å²) in [5.41, 5.74) is 0.400. The van der Waals surface area contributed by atoms with Gasteiger partial charge >= 0.3 is 5.97 Å². The Kier molecular flexibility index (Phi) is 4.53. The maximum atomic E-state index is 12.3. The number of ketones is 1. The first-order valence-corrected chi connectivity index (χ1v) is 9.01. The van der Waals surface area contributed by atoms with E-state index in [-0.39, 0.29) is 37.6 Å². The second-order valence-electron chi connectivity index (χ2n) is 6.98. The molecule has 138 valence electrons. The number of nitrogens with zero attached hydrogens (tertiary/aromatic N) is 1. The smallest absolute Gasteiger partial charge is 0.311 e. The Morgan fingerprint density at radius 1 is 1.15 bits per heavy atom. The Bertz CT molecular complexity index is 740. The Balaban J connectivity index is 1.31. The van der Waals surface area contributed by atoms with Gasteiger partial charge in [0.1, 0.15) is 0 Å². The molecule has 1 amide bonds. The van der Waals surface area contributed by atoms with Crippen LogP contribution in [0.15, 0.2) is 18.2 Å². The zero-order valence-corrected chi connectivity index (χ0v) is 14.4. The third kappa shape index (κ3) is 3.25. The summed E-state index contributed by atoms with van der Waals surface area (Å²) in [6.45, 7) is 0.197. The number of rotatable bonds is 5. The lowest BCUT2D eigenvalue weighted by Gasteiger charge is -2.23. The molecular formula is C19H21NO6. The molecule has 1 aromatic rings. The van der Waals surface area contributed by atoms with Crippen LogP contribution in [-0.2, 0) is 14.3 Å². The monoisotopic (exact) mass is 359 g/mol. The number of benzene rings is 1. The van der Waals surface area contributed by atoms with E-state index >= 15 is 0 Å². The van der Waals surface area contributed by atoms with Gasteiger partial charge in [-0.15, -0.1) is 0 Å². The molecule has 26 heavy (non-hydrogen) atoms. The van der Waals surface area contributed by atoms with Crippen molar-refractivity contribution in [2.75, 3.05) is 19.9 Å². The van der Waals surface area contributed by atoms with Crippen LogP contribution in [0.2, 0.25) is 0 Å². The molecule has 1 aromatic carbocycles. The molecule has 1 atom stereocenters. The highest BCUT2D eigenvalue weighted by Crippen LogP contribution is 2.33. The highest BCUT2D eigenvalue weighted by molar-refractivity contribution is 5.99. The molecule has 1 saturated carbocycles. The number of hydrogen-bond acceptors (Lipinski definition) is 6. The van der Waals surface area contributed by atoms with Crippen LogP contribution in [0.4, 0.5) is 0 Å². The Morgan fingerprint density at radius 2 is 1.92 bits per heavy atom. The number of fused-ring (bicyclic) bond motifs is 1. The van der Waals surface area contributed by atoms with E-state index in [1.807, 2.05) is 4.90 Å². The predicted molar refractivity (Wildman–Crippen MR) is 89.9 cm³/mol. The maximum absolute atomic E-state index is 12.3. The van der Waals surface area contributed by atoms with Crippen LogP contribution in [0.1, 0.15) is 42.5 Å². The van der Waals surface area contributed by atoms with Gasteiger partial charge in [-0.05, 0) is 31.0 Å². The molecule has 0 N–H and O–H groups in total. The first kappa shape index (κ1) is 16.9. The minimum Gasteiger partial charge on any atom is -0.457 e. The molecular weight excluding hydrogens is 338 g/mol. The third-order valence-corrected chi connectivity index (χ3v) is 5.30. The molecule has 0 unspecified atom stereocenters. The predicted octanol–water partition coefficient (Wildman–Crippen LogP) is 1.93. The molecule has 0 aromatic heterocycles. The molecule has 3 aliphatic rings. The lowest BCUT2D eigenvalue weighted by atomic mass is 10.1. The van der Waals surface area contributed by atoms with Crippen molar-refractivity contribution in [1.82, 2.24) is 4.90 Å². The summed E-state index contributed by atoms with van der Waals surface area (Å²) in [5.74, 6) is -0.152. The van der Waals surface area contributed by atoms with E-state index in [0.29, 0.717) is 23.6 Å². The van der Waals surface area contributed by atoms with E-state index in [1.165, 1.54) is 0 Å². The summed E-state index contributed by atoms with van der Waals surface area (Å²) in [6.07, 6.45) is 4.46. The van der Waals surface area contributed by atoms with Crippen molar-refractivity contribution in [2.45, 2.75) is 38.1 Å². The first-order chi connectivity index (χ1) is 12.6. The van der Waals surface area contributed by atoms with E-state index in [2.05, 4.69) is 0 Å². The standard InChI is InChI=1S/C19H21NO6/c21-15(12-5-6-16-17(7-12)26-11-25-16)10-24-19(23)13-8-18(22)20(9-13)14-3-1-2-4-14/h5-7,13-14H,1-4,8-11H2/t13-/m1/s1. The molecule has 2 aliphatic heterocycles. The van der Waals surface area contributed by atoms with Gasteiger partial charge in [0.05, 0.1) is 5.92 Å². The van der Waals surface area contributed by atoms with Crippen molar-refractivity contribution < 1.29 is 28.6 Å². The largest absolute Gasteiger partial charge is 0.457 e. The number of carbonyl (C=O) groups excluding carboxylic acids is 3. The Morgan fingerprint density at radius 3 is 2.73 bits per heavy atom. The average molecular weight is 359 g/mol. The highest BCUT2D eigenvalue weighted by Gasteiger charge is 2.39. The highest BCUT2D eigenvalue weighted by atomic mass is 16.7. The second kappa shape index (κ2) is 6.97. The molecule has 7 nitrogen and oxygen atoms in total. The third-order valence-electron chi connectivity index (χ3n) is 5.30. The van der Waals surface area contributed by atoms with Crippen LogP contribution in [0.5, 0.6) is 11.5 Å². The summed E-state index contributed by atoms with van der Waals surface area (Å²) in [7, 11) is 0. The Hall–Kier alpha value is -2.57. The first-order valence-electron chi connectivity index (χ1n) is 9.01. The summed E-state index contributed by atoms with van der Waals surface area (Å²) < 4.78 is 15.6. The summed E-state index contributed by atoms with van der Waals surface area (Å²) >= 11 is 0. The number of esters is 1. The van der Waals surface area contributed by atoms with Crippen molar-refractivity contribution in [2.24, 2.45) is 5.92 Å². The SMILES string of the molecule is O=C(COC(=O)[C@@H]1CC(=O)N(C2CCCC2)C1)c1ccc2c(c1)OCO2. The van der Waals surface area contributed by atoms with Gasteiger partial charge in [-0.3, -0.25) is 14.4 Å². The minimum atomic E-state index is -0.479. The zero-order chi connectivity index (χ0) is 18.1. The quantitative estimate of drug-likeness (QED) is 0.590.